The number of fused-ring (bicyclic) bond motifs is 2. The van der Waals surface area contributed by atoms with Gasteiger partial charge in [-0.25, -0.2) is 0 Å². The van der Waals surface area contributed by atoms with Crippen molar-refractivity contribution in [1.29, 1.82) is 0 Å². The van der Waals surface area contributed by atoms with Gasteiger partial charge in [0.2, 0.25) is 5.91 Å². The predicted molar refractivity (Wildman–Crippen MR) is 92.1 cm³/mol. The van der Waals surface area contributed by atoms with Gasteiger partial charge in [0, 0.05) is 17.0 Å². The number of carbonyl (C=O) groups is 1. The fourth-order valence-corrected chi connectivity index (χ4v) is 3.45. The topological polar surface area (TPSA) is 51.5 Å². The number of methoxy groups -OCH3 is 1. The van der Waals surface area contributed by atoms with E-state index in [0.717, 1.165) is 35.1 Å². The first-order chi connectivity index (χ1) is 11.7. The van der Waals surface area contributed by atoms with Crippen LogP contribution in [0.4, 0.5) is 0 Å². The molecule has 0 fully saturated rings. The normalized spacial score (nSPS) is 16.1. The largest absolute Gasteiger partial charge is 0.497 e. The Morgan fingerprint density at radius 1 is 1.29 bits per heavy atom. The zero-order valence-corrected chi connectivity index (χ0v) is 13.5. The smallest absolute Gasteiger partial charge is 0.225 e. The molecule has 4 rings (SSSR count). The number of benzene rings is 2. The summed E-state index contributed by atoms with van der Waals surface area (Å²) in [5, 5.41) is 4.11. The summed E-state index contributed by atoms with van der Waals surface area (Å²) in [5.74, 6) is 0.769. The second-order valence-electron chi connectivity index (χ2n) is 6.16. The Bertz CT molecular complexity index is 897. The van der Waals surface area contributed by atoms with Crippen LogP contribution in [0.1, 0.15) is 29.2 Å². The molecule has 0 saturated heterocycles. The van der Waals surface area contributed by atoms with Gasteiger partial charge < -0.3 is 14.5 Å². The maximum atomic E-state index is 12.5. The van der Waals surface area contributed by atoms with E-state index in [0.29, 0.717) is 6.42 Å². The highest BCUT2D eigenvalue weighted by Gasteiger charge is 2.23. The van der Waals surface area contributed by atoms with Gasteiger partial charge in [0.05, 0.1) is 25.8 Å². The summed E-state index contributed by atoms with van der Waals surface area (Å²) in [5.41, 5.74) is 4.22. The molecular formula is C20H19NO3. The molecule has 0 radical (unpaired) electrons. The molecule has 0 unspecified atom stereocenters. The Labute approximate surface area is 140 Å². The van der Waals surface area contributed by atoms with Crippen LogP contribution < -0.4 is 10.1 Å². The molecule has 2 aromatic carbocycles. The van der Waals surface area contributed by atoms with E-state index in [2.05, 4.69) is 23.5 Å². The molecular weight excluding hydrogens is 302 g/mol. The van der Waals surface area contributed by atoms with E-state index in [9.17, 15) is 4.79 Å². The third kappa shape index (κ3) is 2.64. The van der Waals surface area contributed by atoms with Gasteiger partial charge in [-0.2, -0.15) is 0 Å². The fraction of sp³-hybridized carbons (Fsp3) is 0.250. The van der Waals surface area contributed by atoms with E-state index < -0.39 is 0 Å². The average molecular weight is 321 g/mol. The number of hydrogen-bond acceptors (Lipinski definition) is 3. The summed E-state index contributed by atoms with van der Waals surface area (Å²) in [6.45, 7) is 0. The van der Waals surface area contributed by atoms with Crippen molar-refractivity contribution in [2.24, 2.45) is 0 Å². The van der Waals surface area contributed by atoms with E-state index >= 15 is 0 Å². The van der Waals surface area contributed by atoms with Crippen molar-refractivity contribution in [2.75, 3.05) is 7.11 Å². The van der Waals surface area contributed by atoms with Crippen LogP contribution in [0.5, 0.6) is 5.75 Å². The van der Waals surface area contributed by atoms with Crippen LogP contribution in [0, 0.1) is 0 Å². The summed E-state index contributed by atoms with van der Waals surface area (Å²) < 4.78 is 10.8. The number of furan rings is 1. The van der Waals surface area contributed by atoms with Gasteiger partial charge in [-0.15, -0.1) is 0 Å². The van der Waals surface area contributed by atoms with Crippen LogP contribution in [0.25, 0.3) is 11.0 Å². The minimum atomic E-state index is 0.0234. The lowest BCUT2D eigenvalue weighted by atomic mass is 10.1. The quantitative estimate of drug-likeness (QED) is 0.795. The SMILES string of the molecule is COc1ccc2c(CC(=O)N[C@@H]3CCc4ccccc43)coc2c1. The standard InChI is InChI=1S/C20H19NO3/c1-23-15-7-8-17-14(12-24-19(17)11-15)10-20(22)21-18-9-6-13-4-2-3-5-16(13)18/h2-5,7-8,11-12,18H,6,9-10H2,1H3,(H,21,22)/t18-/m1/s1. The molecule has 4 heteroatoms. The highest BCUT2D eigenvalue weighted by molar-refractivity contribution is 5.88. The van der Waals surface area contributed by atoms with Gasteiger partial charge in [-0.1, -0.05) is 24.3 Å². The first-order valence-electron chi connectivity index (χ1n) is 8.16. The molecule has 0 aliphatic heterocycles. The van der Waals surface area contributed by atoms with Gasteiger partial charge in [0.1, 0.15) is 11.3 Å². The van der Waals surface area contributed by atoms with Crippen molar-refractivity contribution < 1.29 is 13.9 Å². The summed E-state index contributed by atoms with van der Waals surface area (Å²) in [4.78, 5) is 12.5. The Balaban J connectivity index is 1.49. The predicted octanol–water partition coefficient (Wildman–Crippen LogP) is 3.79. The second-order valence-corrected chi connectivity index (χ2v) is 6.16. The number of carbonyl (C=O) groups excluding carboxylic acids is 1. The van der Waals surface area contributed by atoms with Crippen molar-refractivity contribution in [3.05, 3.63) is 65.4 Å². The Morgan fingerprint density at radius 2 is 2.17 bits per heavy atom. The number of ether oxygens (including phenoxy) is 1. The monoisotopic (exact) mass is 321 g/mol. The zero-order chi connectivity index (χ0) is 16.5. The van der Waals surface area contributed by atoms with Crippen LogP contribution in [0.3, 0.4) is 0 Å². The Morgan fingerprint density at radius 3 is 3.04 bits per heavy atom. The number of amides is 1. The van der Waals surface area contributed by atoms with Crippen molar-refractivity contribution >= 4 is 16.9 Å². The van der Waals surface area contributed by atoms with Gasteiger partial charge in [0.15, 0.2) is 0 Å². The molecule has 1 N–H and O–H groups in total. The summed E-state index contributed by atoms with van der Waals surface area (Å²) in [6.07, 6.45) is 3.97. The van der Waals surface area contributed by atoms with E-state index in [1.807, 2.05) is 24.3 Å². The van der Waals surface area contributed by atoms with Crippen LogP contribution in [-0.4, -0.2) is 13.0 Å². The van der Waals surface area contributed by atoms with Crippen LogP contribution in [-0.2, 0) is 17.6 Å². The molecule has 0 spiro atoms. The van der Waals surface area contributed by atoms with Crippen LogP contribution >= 0.6 is 0 Å². The number of rotatable bonds is 4. The van der Waals surface area contributed by atoms with Gasteiger partial charge in [-0.05, 0) is 36.1 Å². The third-order valence-electron chi connectivity index (χ3n) is 4.68. The molecule has 4 nitrogen and oxygen atoms in total. The van der Waals surface area contributed by atoms with Crippen LogP contribution in [0.15, 0.2) is 53.1 Å². The van der Waals surface area contributed by atoms with Gasteiger partial charge in [-0.3, -0.25) is 4.79 Å². The van der Waals surface area contributed by atoms with Gasteiger partial charge >= 0.3 is 0 Å². The maximum Gasteiger partial charge on any atom is 0.225 e. The van der Waals surface area contributed by atoms with Crippen LogP contribution in [0.2, 0.25) is 0 Å². The first-order valence-corrected chi connectivity index (χ1v) is 8.16. The molecule has 1 atom stereocenters. The van der Waals surface area contributed by atoms with E-state index in [-0.39, 0.29) is 11.9 Å². The highest BCUT2D eigenvalue weighted by atomic mass is 16.5. The molecule has 0 bridgehead atoms. The molecule has 1 heterocycles. The number of hydrogen-bond donors (Lipinski definition) is 1. The molecule has 24 heavy (non-hydrogen) atoms. The van der Waals surface area contributed by atoms with Crippen molar-refractivity contribution in [3.63, 3.8) is 0 Å². The highest BCUT2D eigenvalue weighted by Crippen LogP contribution is 2.31. The Kier molecular flexibility index (Phi) is 3.73. The first kappa shape index (κ1) is 14.8. The summed E-state index contributed by atoms with van der Waals surface area (Å²) >= 11 is 0. The minimum Gasteiger partial charge on any atom is -0.497 e. The van der Waals surface area contributed by atoms with Crippen molar-refractivity contribution in [2.45, 2.75) is 25.3 Å². The molecule has 1 amide bonds. The lowest BCUT2D eigenvalue weighted by Gasteiger charge is -2.13. The van der Waals surface area contributed by atoms with E-state index in [1.54, 1.807) is 13.4 Å². The molecule has 122 valence electrons. The average Bonchev–Trinajstić information content (AvgIpc) is 3.19. The Hall–Kier alpha value is -2.75. The fourth-order valence-electron chi connectivity index (χ4n) is 3.45. The van der Waals surface area contributed by atoms with E-state index in [4.69, 9.17) is 9.15 Å². The zero-order valence-electron chi connectivity index (χ0n) is 13.5. The number of nitrogens with one attached hydrogen (secondary N) is 1. The van der Waals surface area contributed by atoms with Crippen molar-refractivity contribution in [1.82, 2.24) is 5.32 Å². The second kappa shape index (κ2) is 6.04. The van der Waals surface area contributed by atoms with Crippen molar-refractivity contribution in [3.8, 4) is 5.75 Å². The van der Waals surface area contributed by atoms with Gasteiger partial charge in [0.25, 0.3) is 0 Å². The lowest BCUT2D eigenvalue weighted by Crippen LogP contribution is -2.28. The third-order valence-corrected chi connectivity index (χ3v) is 4.68. The molecule has 1 aliphatic rings. The molecule has 3 aromatic rings. The summed E-state index contributed by atoms with van der Waals surface area (Å²) in [6, 6.07) is 14.1. The molecule has 1 aromatic heterocycles. The summed E-state index contributed by atoms with van der Waals surface area (Å²) in [7, 11) is 1.62. The minimum absolute atomic E-state index is 0.0234. The maximum absolute atomic E-state index is 12.5. The molecule has 0 saturated carbocycles. The molecule has 1 aliphatic carbocycles. The number of aryl methyl sites for hydroxylation is 1. The van der Waals surface area contributed by atoms with E-state index in [1.165, 1.54) is 11.1 Å². The lowest BCUT2D eigenvalue weighted by molar-refractivity contribution is -0.121.